The van der Waals surface area contributed by atoms with Gasteiger partial charge in [0.1, 0.15) is 5.82 Å². The molecule has 3 atom stereocenters. The fourth-order valence-electron chi connectivity index (χ4n) is 2.60. The highest BCUT2D eigenvalue weighted by Gasteiger charge is 2.29. The Balaban J connectivity index is 2.21. The predicted octanol–water partition coefficient (Wildman–Crippen LogP) is 3.80. The summed E-state index contributed by atoms with van der Waals surface area (Å²) in [5, 5.41) is 3.58. The van der Waals surface area contributed by atoms with Crippen LogP contribution in [0.15, 0.2) is 22.7 Å². The molecule has 2 rings (SSSR count). The molecule has 0 spiro atoms. The molecule has 1 heterocycles. The van der Waals surface area contributed by atoms with Crippen LogP contribution in [0, 0.1) is 11.7 Å². The number of hydrogen-bond acceptors (Lipinski definition) is 2. The van der Waals surface area contributed by atoms with E-state index in [1.54, 1.807) is 6.07 Å². The van der Waals surface area contributed by atoms with Gasteiger partial charge in [0, 0.05) is 29.6 Å². The maximum absolute atomic E-state index is 14.1. The van der Waals surface area contributed by atoms with Crippen LogP contribution in [-0.2, 0) is 0 Å². The highest BCUT2D eigenvalue weighted by molar-refractivity contribution is 9.10. The number of nitrogens with one attached hydrogen (secondary N) is 1. The minimum absolute atomic E-state index is 0.147. The van der Waals surface area contributed by atoms with Crippen molar-refractivity contribution in [3.8, 4) is 0 Å². The van der Waals surface area contributed by atoms with Crippen molar-refractivity contribution in [1.29, 1.82) is 0 Å². The quantitative estimate of drug-likeness (QED) is 0.907. The Hall–Kier alpha value is -0.610. The zero-order valence-electron chi connectivity index (χ0n) is 11.8. The molecule has 1 aromatic carbocycles. The normalized spacial score (nSPS) is 25.4. The van der Waals surface area contributed by atoms with Crippen molar-refractivity contribution in [2.24, 2.45) is 5.92 Å². The molecule has 4 heteroatoms. The van der Waals surface area contributed by atoms with E-state index in [0.717, 1.165) is 24.0 Å². The number of benzene rings is 1. The van der Waals surface area contributed by atoms with Crippen molar-refractivity contribution >= 4 is 21.6 Å². The van der Waals surface area contributed by atoms with Crippen LogP contribution in [0.2, 0.25) is 0 Å². The molecule has 0 saturated carbocycles. The monoisotopic (exact) mass is 328 g/mol. The fourth-order valence-corrected chi connectivity index (χ4v) is 2.94. The minimum atomic E-state index is -0.147. The Morgan fingerprint density at radius 1 is 1.53 bits per heavy atom. The van der Waals surface area contributed by atoms with Gasteiger partial charge in [-0.1, -0.05) is 36.2 Å². The molecule has 106 valence electrons. The second kappa shape index (κ2) is 6.23. The molecule has 1 aromatic rings. The summed E-state index contributed by atoms with van der Waals surface area (Å²) in [6.07, 6.45) is 1.14. The van der Waals surface area contributed by atoms with Crippen molar-refractivity contribution in [3.63, 3.8) is 0 Å². The van der Waals surface area contributed by atoms with Crippen molar-refractivity contribution in [2.75, 3.05) is 18.0 Å². The summed E-state index contributed by atoms with van der Waals surface area (Å²) < 4.78 is 14.9. The third-order valence-corrected chi connectivity index (χ3v) is 4.64. The molecular formula is C15H22BrFN2. The number of halogens is 2. The molecule has 19 heavy (non-hydrogen) atoms. The Labute approximate surface area is 123 Å². The molecule has 3 unspecified atom stereocenters. The summed E-state index contributed by atoms with van der Waals surface area (Å²) in [5.74, 6) is 0.458. The second-order valence-corrected chi connectivity index (χ2v) is 6.41. The van der Waals surface area contributed by atoms with Gasteiger partial charge < -0.3 is 10.2 Å². The van der Waals surface area contributed by atoms with Gasteiger partial charge in [0.15, 0.2) is 0 Å². The summed E-state index contributed by atoms with van der Waals surface area (Å²) in [6, 6.07) is 6.07. The van der Waals surface area contributed by atoms with Gasteiger partial charge in [0.2, 0.25) is 0 Å². The molecule has 0 radical (unpaired) electrons. The number of hydrogen-bond donors (Lipinski definition) is 1. The average molecular weight is 329 g/mol. The van der Waals surface area contributed by atoms with Crippen LogP contribution in [-0.4, -0.2) is 25.2 Å². The first kappa shape index (κ1) is 14.8. The van der Waals surface area contributed by atoms with E-state index in [9.17, 15) is 4.39 Å². The van der Waals surface area contributed by atoms with Crippen molar-refractivity contribution in [3.05, 3.63) is 28.5 Å². The molecule has 1 fully saturated rings. The zero-order valence-corrected chi connectivity index (χ0v) is 13.4. The average Bonchev–Trinajstić information content (AvgIpc) is 2.39. The lowest BCUT2D eigenvalue weighted by molar-refractivity contribution is 0.314. The van der Waals surface area contributed by atoms with Crippen LogP contribution in [0.25, 0.3) is 0 Å². The van der Waals surface area contributed by atoms with Crippen LogP contribution in [0.1, 0.15) is 27.2 Å². The molecule has 0 aliphatic carbocycles. The van der Waals surface area contributed by atoms with Gasteiger partial charge in [0.25, 0.3) is 0 Å². The molecule has 1 aliphatic heterocycles. The molecular weight excluding hydrogens is 307 g/mol. The van der Waals surface area contributed by atoms with Crippen molar-refractivity contribution < 1.29 is 4.39 Å². The van der Waals surface area contributed by atoms with Crippen molar-refractivity contribution in [2.45, 2.75) is 39.3 Å². The molecule has 0 bridgehead atoms. The Bertz CT molecular complexity index is 438. The van der Waals surface area contributed by atoms with Gasteiger partial charge in [0.05, 0.1) is 5.69 Å². The number of piperazine rings is 1. The summed E-state index contributed by atoms with van der Waals surface area (Å²) in [4.78, 5) is 2.19. The van der Waals surface area contributed by atoms with E-state index in [-0.39, 0.29) is 5.82 Å². The summed E-state index contributed by atoms with van der Waals surface area (Å²) in [7, 11) is 0. The van der Waals surface area contributed by atoms with E-state index >= 15 is 0 Å². The third kappa shape index (κ3) is 3.29. The van der Waals surface area contributed by atoms with Crippen LogP contribution < -0.4 is 10.2 Å². The van der Waals surface area contributed by atoms with E-state index in [1.807, 2.05) is 12.1 Å². The highest BCUT2D eigenvalue weighted by atomic mass is 79.9. The predicted molar refractivity (Wildman–Crippen MR) is 82.2 cm³/mol. The maximum Gasteiger partial charge on any atom is 0.147 e. The molecule has 2 nitrogen and oxygen atoms in total. The van der Waals surface area contributed by atoms with Crippen LogP contribution in [0.5, 0.6) is 0 Å². The number of anilines is 1. The Morgan fingerprint density at radius 2 is 2.26 bits per heavy atom. The third-order valence-electron chi connectivity index (χ3n) is 4.15. The van der Waals surface area contributed by atoms with Gasteiger partial charge in [-0.3, -0.25) is 0 Å². The van der Waals surface area contributed by atoms with Gasteiger partial charge in [-0.2, -0.15) is 0 Å². The van der Waals surface area contributed by atoms with E-state index in [0.29, 0.717) is 23.7 Å². The first-order chi connectivity index (χ1) is 9.02. The summed E-state index contributed by atoms with van der Waals surface area (Å²) >= 11 is 3.31. The van der Waals surface area contributed by atoms with E-state index < -0.39 is 0 Å². The van der Waals surface area contributed by atoms with E-state index in [4.69, 9.17) is 0 Å². The molecule has 1 saturated heterocycles. The molecule has 1 N–H and O–H groups in total. The van der Waals surface area contributed by atoms with Gasteiger partial charge >= 0.3 is 0 Å². The SMILES string of the molecule is CCC(C)C1CN(c2ccc(Br)cc2F)C(C)CN1. The van der Waals surface area contributed by atoms with Crippen LogP contribution in [0.3, 0.4) is 0 Å². The largest absolute Gasteiger partial charge is 0.364 e. The Morgan fingerprint density at radius 3 is 2.89 bits per heavy atom. The maximum atomic E-state index is 14.1. The lowest BCUT2D eigenvalue weighted by Crippen LogP contribution is -2.57. The minimum Gasteiger partial charge on any atom is -0.364 e. The smallest absolute Gasteiger partial charge is 0.147 e. The van der Waals surface area contributed by atoms with Crippen molar-refractivity contribution in [1.82, 2.24) is 5.32 Å². The zero-order chi connectivity index (χ0) is 14.0. The van der Waals surface area contributed by atoms with Gasteiger partial charge in [-0.05, 0) is 31.0 Å². The lowest BCUT2D eigenvalue weighted by Gasteiger charge is -2.42. The number of nitrogens with zero attached hydrogens (tertiary/aromatic N) is 1. The van der Waals surface area contributed by atoms with Crippen LogP contribution >= 0.6 is 15.9 Å². The Kier molecular flexibility index (Phi) is 4.85. The number of rotatable bonds is 3. The van der Waals surface area contributed by atoms with Gasteiger partial charge in [-0.25, -0.2) is 4.39 Å². The summed E-state index contributed by atoms with van der Waals surface area (Å²) in [5.41, 5.74) is 0.713. The molecule has 1 aliphatic rings. The first-order valence-electron chi connectivity index (χ1n) is 6.98. The topological polar surface area (TPSA) is 15.3 Å². The first-order valence-corrected chi connectivity index (χ1v) is 7.77. The standard InChI is InChI=1S/C15H22BrFN2/c1-4-10(2)14-9-19(11(3)8-18-14)15-6-5-12(16)7-13(15)17/h5-7,10-11,14,18H,4,8-9H2,1-3H3. The fraction of sp³-hybridized carbons (Fsp3) is 0.600. The van der Waals surface area contributed by atoms with Crippen LogP contribution in [0.4, 0.5) is 10.1 Å². The van der Waals surface area contributed by atoms with E-state index in [1.165, 1.54) is 0 Å². The van der Waals surface area contributed by atoms with Gasteiger partial charge in [-0.15, -0.1) is 0 Å². The lowest BCUT2D eigenvalue weighted by atomic mass is 9.95. The molecule has 0 aromatic heterocycles. The highest BCUT2D eigenvalue weighted by Crippen LogP contribution is 2.27. The molecule has 0 amide bonds. The van der Waals surface area contributed by atoms with E-state index in [2.05, 4.69) is 46.9 Å². The summed E-state index contributed by atoms with van der Waals surface area (Å²) in [6.45, 7) is 8.37. The second-order valence-electron chi connectivity index (χ2n) is 5.50.